The van der Waals surface area contributed by atoms with E-state index in [9.17, 15) is 14.4 Å². The molecule has 0 aromatic carbocycles. The van der Waals surface area contributed by atoms with E-state index in [1.54, 1.807) is 4.90 Å². The van der Waals surface area contributed by atoms with Crippen LogP contribution in [0.15, 0.2) is 12.2 Å². The second-order valence-corrected chi connectivity index (χ2v) is 12.6. The molecular formula is C37H68N2O5. The molecule has 0 bridgehead atoms. The summed E-state index contributed by atoms with van der Waals surface area (Å²) in [5, 5.41) is 0. The molecular weight excluding hydrogens is 552 g/mol. The fourth-order valence-corrected chi connectivity index (χ4v) is 5.86. The summed E-state index contributed by atoms with van der Waals surface area (Å²) in [4.78, 5) is 42.7. The highest BCUT2D eigenvalue weighted by molar-refractivity contribution is 5.76. The van der Waals surface area contributed by atoms with Crippen LogP contribution in [0.2, 0.25) is 0 Å². The average Bonchev–Trinajstić information content (AvgIpc) is 3.03. The molecule has 1 atom stereocenters. The van der Waals surface area contributed by atoms with Gasteiger partial charge in [0.15, 0.2) is 0 Å². The van der Waals surface area contributed by atoms with Crippen LogP contribution in [0, 0.1) is 5.92 Å². The van der Waals surface area contributed by atoms with Crippen LogP contribution in [0.5, 0.6) is 0 Å². The van der Waals surface area contributed by atoms with Crippen molar-refractivity contribution in [2.75, 3.05) is 45.9 Å². The second kappa shape index (κ2) is 28.6. The van der Waals surface area contributed by atoms with Gasteiger partial charge in [-0.2, -0.15) is 0 Å². The van der Waals surface area contributed by atoms with Crippen LogP contribution in [0.25, 0.3) is 0 Å². The average molecular weight is 621 g/mol. The first kappa shape index (κ1) is 40.1. The maximum Gasteiger partial charge on any atom is 0.308 e. The molecule has 1 fully saturated rings. The van der Waals surface area contributed by atoms with Crippen molar-refractivity contribution in [2.24, 2.45) is 5.92 Å². The highest BCUT2D eigenvalue weighted by Crippen LogP contribution is 2.20. The van der Waals surface area contributed by atoms with E-state index in [1.807, 2.05) is 0 Å². The minimum Gasteiger partial charge on any atom is -0.464 e. The number of allylic oxidation sites excluding steroid dienone is 2. The lowest BCUT2D eigenvalue weighted by atomic mass is 9.94. The van der Waals surface area contributed by atoms with E-state index in [-0.39, 0.29) is 37.0 Å². The Morgan fingerprint density at radius 2 is 1.32 bits per heavy atom. The van der Waals surface area contributed by atoms with Gasteiger partial charge >= 0.3 is 11.9 Å². The zero-order valence-corrected chi connectivity index (χ0v) is 29.0. The molecule has 1 heterocycles. The number of likely N-dealkylation sites (tertiary alicyclic amines) is 1. The number of amides is 1. The zero-order valence-electron chi connectivity index (χ0n) is 29.0. The standard InChI is InChI=1S/C37H68N2O5/c1-4-7-10-13-15-19-24-34(23-18-12-9-6-3)37(42)44-33-31-39(35(40)26-29-38-27-21-17-22-28-38)30-32-43-36(41)25-20-16-14-11-8-5-2/h8,11,34H,4-7,9-10,12-33H2,1-3H3/b11-8-. The Morgan fingerprint density at radius 3 is 1.98 bits per heavy atom. The SMILES string of the molecule is CC/C=C\CCCCC(=O)OCCN(CCOC(=O)C(CCCCCC)CCCCCCCC)C(=O)CCN1CCCCC1. The van der Waals surface area contributed by atoms with Gasteiger partial charge in [-0.1, -0.05) is 104 Å². The summed E-state index contributed by atoms with van der Waals surface area (Å²) in [6.07, 6.45) is 26.2. The number of unbranched alkanes of at least 4 members (excludes halogenated alkanes) is 10. The van der Waals surface area contributed by atoms with Crippen LogP contribution in [-0.4, -0.2) is 73.6 Å². The van der Waals surface area contributed by atoms with Crippen LogP contribution in [0.4, 0.5) is 0 Å². The summed E-state index contributed by atoms with van der Waals surface area (Å²) in [5.74, 6) is -0.346. The van der Waals surface area contributed by atoms with Gasteiger partial charge < -0.3 is 19.3 Å². The van der Waals surface area contributed by atoms with Gasteiger partial charge in [-0.05, 0) is 64.5 Å². The minimum atomic E-state index is -0.211. The van der Waals surface area contributed by atoms with Gasteiger partial charge in [-0.3, -0.25) is 14.4 Å². The van der Waals surface area contributed by atoms with Crippen LogP contribution < -0.4 is 0 Å². The second-order valence-electron chi connectivity index (χ2n) is 12.6. The molecule has 0 saturated carbocycles. The molecule has 0 radical (unpaired) electrons. The number of hydrogen-bond donors (Lipinski definition) is 0. The lowest BCUT2D eigenvalue weighted by Crippen LogP contribution is -2.40. The number of nitrogens with zero attached hydrogens (tertiary/aromatic N) is 2. The van der Waals surface area contributed by atoms with Gasteiger partial charge in [0.1, 0.15) is 13.2 Å². The molecule has 0 aromatic rings. The maximum atomic E-state index is 13.2. The van der Waals surface area contributed by atoms with E-state index in [1.165, 1.54) is 64.2 Å². The molecule has 1 unspecified atom stereocenters. The van der Waals surface area contributed by atoms with Crippen LogP contribution in [0.3, 0.4) is 0 Å². The van der Waals surface area contributed by atoms with Crippen molar-refractivity contribution >= 4 is 17.8 Å². The first-order valence-corrected chi connectivity index (χ1v) is 18.5. The first-order valence-electron chi connectivity index (χ1n) is 18.5. The third-order valence-corrected chi connectivity index (χ3v) is 8.72. The van der Waals surface area contributed by atoms with Gasteiger partial charge in [0.2, 0.25) is 5.91 Å². The van der Waals surface area contributed by atoms with Crippen molar-refractivity contribution in [1.82, 2.24) is 9.80 Å². The molecule has 0 spiro atoms. The Hall–Kier alpha value is -1.89. The largest absolute Gasteiger partial charge is 0.464 e. The summed E-state index contributed by atoms with van der Waals surface area (Å²) in [6.45, 7) is 10.4. The molecule has 7 nitrogen and oxygen atoms in total. The van der Waals surface area contributed by atoms with Crippen molar-refractivity contribution in [1.29, 1.82) is 0 Å². The van der Waals surface area contributed by atoms with Crippen molar-refractivity contribution < 1.29 is 23.9 Å². The van der Waals surface area contributed by atoms with Gasteiger partial charge in [-0.25, -0.2) is 0 Å². The molecule has 7 heteroatoms. The molecule has 44 heavy (non-hydrogen) atoms. The highest BCUT2D eigenvalue weighted by Gasteiger charge is 2.21. The molecule has 1 aliphatic rings. The van der Waals surface area contributed by atoms with E-state index >= 15 is 0 Å². The van der Waals surface area contributed by atoms with Gasteiger partial charge in [-0.15, -0.1) is 0 Å². The number of ether oxygens (including phenoxy) is 2. The Labute approximate surface area is 270 Å². The van der Waals surface area contributed by atoms with E-state index in [4.69, 9.17) is 9.47 Å². The highest BCUT2D eigenvalue weighted by atomic mass is 16.5. The Kier molecular flexibility index (Phi) is 26.1. The van der Waals surface area contributed by atoms with Crippen molar-refractivity contribution in [3.05, 3.63) is 12.2 Å². The quantitative estimate of drug-likeness (QED) is 0.0495. The summed E-state index contributed by atoms with van der Waals surface area (Å²) in [5.41, 5.74) is 0. The smallest absolute Gasteiger partial charge is 0.308 e. The molecule has 0 N–H and O–H groups in total. The molecule has 1 saturated heterocycles. The molecule has 256 valence electrons. The molecule has 1 rings (SSSR count). The number of piperidine rings is 1. The molecule has 1 amide bonds. The lowest BCUT2D eigenvalue weighted by Gasteiger charge is -2.28. The summed E-state index contributed by atoms with van der Waals surface area (Å²) in [7, 11) is 0. The van der Waals surface area contributed by atoms with Crippen molar-refractivity contribution in [3.63, 3.8) is 0 Å². The van der Waals surface area contributed by atoms with Gasteiger partial charge in [0.05, 0.1) is 19.0 Å². The summed E-state index contributed by atoms with van der Waals surface area (Å²) < 4.78 is 11.3. The molecule has 0 aliphatic carbocycles. The number of rotatable bonds is 28. The maximum absolute atomic E-state index is 13.2. The van der Waals surface area contributed by atoms with Gasteiger partial charge in [0.25, 0.3) is 0 Å². The third kappa shape index (κ3) is 21.8. The predicted molar refractivity (Wildman–Crippen MR) is 182 cm³/mol. The van der Waals surface area contributed by atoms with Gasteiger partial charge in [0, 0.05) is 19.4 Å². The zero-order chi connectivity index (χ0) is 32.1. The number of carbonyl (C=O) groups is 3. The van der Waals surface area contributed by atoms with Crippen LogP contribution in [-0.2, 0) is 23.9 Å². The third-order valence-electron chi connectivity index (χ3n) is 8.72. The molecule has 0 aromatic heterocycles. The fourth-order valence-electron chi connectivity index (χ4n) is 5.86. The summed E-state index contributed by atoms with van der Waals surface area (Å²) in [6, 6.07) is 0. The number of esters is 2. The first-order chi connectivity index (χ1) is 21.5. The van der Waals surface area contributed by atoms with Crippen LogP contribution in [0.1, 0.15) is 156 Å². The molecule has 1 aliphatic heterocycles. The van der Waals surface area contributed by atoms with E-state index in [0.29, 0.717) is 25.9 Å². The Balaban J connectivity index is 2.58. The monoisotopic (exact) mass is 621 g/mol. The van der Waals surface area contributed by atoms with Crippen molar-refractivity contribution in [3.8, 4) is 0 Å². The fraction of sp³-hybridized carbons (Fsp3) is 0.865. The lowest BCUT2D eigenvalue weighted by molar-refractivity contribution is -0.151. The van der Waals surface area contributed by atoms with Crippen molar-refractivity contribution in [2.45, 2.75) is 156 Å². The Bertz CT molecular complexity index is 750. The number of carbonyl (C=O) groups excluding carboxylic acids is 3. The number of hydrogen-bond acceptors (Lipinski definition) is 6. The van der Waals surface area contributed by atoms with Crippen LogP contribution >= 0.6 is 0 Å². The van der Waals surface area contributed by atoms with E-state index in [2.05, 4.69) is 37.8 Å². The topological polar surface area (TPSA) is 76.1 Å². The van der Waals surface area contributed by atoms with E-state index in [0.717, 1.165) is 77.4 Å². The van der Waals surface area contributed by atoms with E-state index < -0.39 is 0 Å². The Morgan fingerprint density at radius 1 is 0.705 bits per heavy atom. The summed E-state index contributed by atoms with van der Waals surface area (Å²) >= 11 is 0. The normalized spacial score (nSPS) is 14.5. The minimum absolute atomic E-state index is 0.0357. The predicted octanol–water partition coefficient (Wildman–Crippen LogP) is 8.64.